The third-order valence-electron chi connectivity index (χ3n) is 5.08. The Morgan fingerprint density at radius 1 is 1.04 bits per heavy atom. The monoisotopic (exact) mass is 394 g/mol. The lowest BCUT2D eigenvalue weighted by Gasteiger charge is -2.39. The molecular formula is C22H19ClN2O3. The van der Waals surface area contributed by atoms with Crippen LogP contribution in [0, 0.1) is 6.92 Å². The van der Waals surface area contributed by atoms with Crippen molar-refractivity contribution in [1.29, 1.82) is 0 Å². The van der Waals surface area contributed by atoms with Crippen LogP contribution in [0.1, 0.15) is 34.9 Å². The first-order valence-electron chi connectivity index (χ1n) is 9.07. The Morgan fingerprint density at radius 3 is 2.61 bits per heavy atom. The van der Waals surface area contributed by atoms with Gasteiger partial charge in [0.1, 0.15) is 5.76 Å². The van der Waals surface area contributed by atoms with Crippen LogP contribution in [0.2, 0.25) is 5.02 Å². The van der Waals surface area contributed by atoms with E-state index < -0.39 is 6.23 Å². The lowest BCUT2D eigenvalue weighted by Crippen LogP contribution is -2.43. The van der Waals surface area contributed by atoms with Gasteiger partial charge in [0.15, 0.2) is 23.5 Å². The molecule has 0 aliphatic carbocycles. The summed E-state index contributed by atoms with van der Waals surface area (Å²) >= 11 is 6.50. The molecule has 6 heteroatoms. The number of fused-ring (bicyclic) bond motifs is 3. The van der Waals surface area contributed by atoms with Crippen LogP contribution in [0.4, 0.5) is 0 Å². The van der Waals surface area contributed by atoms with Crippen molar-refractivity contribution in [3.05, 3.63) is 88.3 Å². The van der Waals surface area contributed by atoms with Gasteiger partial charge in [-0.25, -0.2) is 0 Å². The highest BCUT2D eigenvalue weighted by Gasteiger charge is 2.42. The first-order valence-corrected chi connectivity index (χ1v) is 9.45. The number of aryl methyl sites for hydroxylation is 1. The van der Waals surface area contributed by atoms with Crippen LogP contribution in [-0.4, -0.2) is 12.1 Å². The fraction of sp³-hybridized carbons (Fsp3) is 0.182. The van der Waals surface area contributed by atoms with Gasteiger partial charge in [0.25, 0.3) is 0 Å². The molecule has 2 aromatic carbocycles. The average molecular weight is 395 g/mol. The summed E-state index contributed by atoms with van der Waals surface area (Å²) in [7, 11) is 1.65. The Hall–Kier alpha value is -2.89. The third-order valence-corrected chi connectivity index (χ3v) is 5.43. The smallest absolute Gasteiger partial charge is 0.197 e. The lowest BCUT2D eigenvalue weighted by molar-refractivity contribution is -0.0344. The van der Waals surface area contributed by atoms with Gasteiger partial charge in [-0.15, -0.1) is 0 Å². The first kappa shape index (κ1) is 17.2. The summed E-state index contributed by atoms with van der Waals surface area (Å²) in [4.78, 5) is 0. The molecule has 5 rings (SSSR count). The Morgan fingerprint density at radius 2 is 1.86 bits per heavy atom. The average Bonchev–Trinajstić information content (AvgIpc) is 3.34. The molecular weight excluding hydrogens is 376 g/mol. The molecule has 5 nitrogen and oxygen atoms in total. The molecule has 0 radical (unpaired) electrons. The normalized spacial score (nSPS) is 20.6. The maximum absolute atomic E-state index is 6.50. The van der Waals surface area contributed by atoms with Crippen LogP contribution >= 0.6 is 11.6 Å². The van der Waals surface area contributed by atoms with Crippen molar-refractivity contribution < 1.29 is 13.9 Å². The predicted octanol–water partition coefficient (Wildman–Crippen LogP) is 5.24. The summed E-state index contributed by atoms with van der Waals surface area (Å²) < 4.78 is 17.8. The first-order chi connectivity index (χ1) is 13.7. The number of hydrazine groups is 1. The molecule has 3 heterocycles. The summed E-state index contributed by atoms with van der Waals surface area (Å²) in [5.41, 5.74) is 6.25. The van der Waals surface area contributed by atoms with Crippen molar-refractivity contribution >= 4 is 17.3 Å². The fourth-order valence-corrected chi connectivity index (χ4v) is 3.98. The van der Waals surface area contributed by atoms with E-state index in [9.17, 15) is 0 Å². The fourth-order valence-electron chi connectivity index (χ4n) is 3.75. The van der Waals surface area contributed by atoms with Gasteiger partial charge in [0, 0.05) is 16.1 Å². The van der Waals surface area contributed by atoms with E-state index in [1.165, 1.54) is 0 Å². The molecule has 28 heavy (non-hydrogen) atoms. The standard InChI is InChI=1S/C22H19ClN2O3/c1-13-10-11-19(27-13)17-12-18-15-7-5-9-20(26-2)21(15)28-22(25(18)24-17)14-6-3-4-8-16(14)23/h3-12,18,22,24H,1-2H3. The van der Waals surface area contributed by atoms with Gasteiger partial charge in [-0.3, -0.25) is 0 Å². The topological polar surface area (TPSA) is 46.9 Å². The number of furan rings is 1. The summed E-state index contributed by atoms with van der Waals surface area (Å²) in [6.45, 7) is 1.93. The van der Waals surface area contributed by atoms with E-state index in [4.69, 9.17) is 25.5 Å². The van der Waals surface area contributed by atoms with Crippen LogP contribution in [0.25, 0.3) is 5.70 Å². The minimum atomic E-state index is -0.424. The van der Waals surface area contributed by atoms with Crippen molar-refractivity contribution in [1.82, 2.24) is 10.4 Å². The number of nitrogens with one attached hydrogen (secondary N) is 1. The predicted molar refractivity (Wildman–Crippen MR) is 107 cm³/mol. The highest BCUT2D eigenvalue weighted by molar-refractivity contribution is 6.31. The second-order valence-electron chi connectivity index (χ2n) is 6.82. The van der Waals surface area contributed by atoms with Gasteiger partial charge in [-0.1, -0.05) is 41.9 Å². The van der Waals surface area contributed by atoms with Gasteiger partial charge in [-0.2, -0.15) is 5.01 Å². The van der Waals surface area contributed by atoms with E-state index in [0.29, 0.717) is 10.8 Å². The van der Waals surface area contributed by atoms with E-state index in [2.05, 4.69) is 16.5 Å². The zero-order valence-corrected chi connectivity index (χ0v) is 16.2. The van der Waals surface area contributed by atoms with Crippen molar-refractivity contribution in [2.24, 2.45) is 0 Å². The summed E-state index contributed by atoms with van der Waals surface area (Å²) in [6.07, 6.45) is 1.72. The minimum Gasteiger partial charge on any atom is -0.493 e. The molecule has 142 valence electrons. The highest BCUT2D eigenvalue weighted by Crippen LogP contribution is 2.50. The van der Waals surface area contributed by atoms with Crippen molar-refractivity contribution in [2.45, 2.75) is 19.2 Å². The molecule has 0 bridgehead atoms. The number of para-hydroxylation sites is 1. The Labute approximate surface area is 168 Å². The SMILES string of the molecule is COc1cccc2c1OC(c1ccccc1Cl)N1NC(c3ccc(C)o3)=CC21. The molecule has 0 amide bonds. The molecule has 0 spiro atoms. The van der Waals surface area contributed by atoms with Crippen LogP contribution in [0.5, 0.6) is 11.5 Å². The van der Waals surface area contributed by atoms with Gasteiger partial charge >= 0.3 is 0 Å². The molecule has 1 N–H and O–H groups in total. The van der Waals surface area contributed by atoms with Crippen molar-refractivity contribution in [3.63, 3.8) is 0 Å². The maximum Gasteiger partial charge on any atom is 0.197 e. The highest BCUT2D eigenvalue weighted by atomic mass is 35.5. The second kappa shape index (κ2) is 6.62. The van der Waals surface area contributed by atoms with Gasteiger partial charge in [0.05, 0.1) is 18.8 Å². The molecule has 0 saturated heterocycles. The van der Waals surface area contributed by atoms with Gasteiger partial charge in [-0.05, 0) is 37.3 Å². The van der Waals surface area contributed by atoms with Crippen LogP contribution in [-0.2, 0) is 0 Å². The third kappa shape index (κ3) is 2.66. The molecule has 0 fully saturated rings. The number of halogens is 1. The number of ether oxygens (including phenoxy) is 2. The zero-order valence-electron chi connectivity index (χ0n) is 15.5. The van der Waals surface area contributed by atoms with E-state index in [1.807, 2.05) is 61.5 Å². The lowest BCUT2D eigenvalue weighted by atomic mass is 10.0. The van der Waals surface area contributed by atoms with Crippen molar-refractivity contribution in [2.75, 3.05) is 7.11 Å². The van der Waals surface area contributed by atoms with Crippen molar-refractivity contribution in [3.8, 4) is 11.5 Å². The Kier molecular flexibility index (Phi) is 4.07. The van der Waals surface area contributed by atoms with Gasteiger partial charge < -0.3 is 19.3 Å². The number of hydrogen-bond acceptors (Lipinski definition) is 5. The number of benzene rings is 2. The summed E-state index contributed by atoms with van der Waals surface area (Å²) in [5.74, 6) is 3.08. The quantitative estimate of drug-likeness (QED) is 0.658. The molecule has 2 aliphatic heterocycles. The van der Waals surface area contributed by atoms with Crippen LogP contribution < -0.4 is 14.9 Å². The number of hydrogen-bond donors (Lipinski definition) is 1. The second-order valence-corrected chi connectivity index (χ2v) is 7.23. The van der Waals surface area contributed by atoms with Crippen LogP contribution in [0.3, 0.4) is 0 Å². The number of rotatable bonds is 3. The molecule has 3 aromatic rings. The number of nitrogens with zero attached hydrogens (tertiary/aromatic N) is 1. The molecule has 2 unspecified atom stereocenters. The number of methoxy groups -OCH3 is 1. The maximum atomic E-state index is 6.50. The Balaban J connectivity index is 1.64. The van der Waals surface area contributed by atoms with E-state index in [0.717, 1.165) is 34.1 Å². The van der Waals surface area contributed by atoms with Crippen LogP contribution in [0.15, 0.2) is 65.1 Å². The van der Waals surface area contributed by atoms with E-state index >= 15 is 0 Å². The Bertz CT molecular complexity index is 1080. The molecule has 2 atom stereocenters. The molecule has 2 aliphatic rings. The van der Waals surface area contributed by atoms with Gasteiger partial charge in [0.2, 0.25) is 0 Å². The largest absolute Gasteiger partial charge is 0.493 e. The minimum absolute atomic E-state index is 0.0551. The summed E-state index contributed by atoms with van der Waals surface area (Å²) in [5, 5.41) is 2.70. The molecule has 1 aromatic heterocycles. The zero-order chi connectivity index (χ0) is 19.3. The summed E-state index contributed by atoms with van der Waals surface area (Å²) in [6, 6.07) is 17.5. The van der Waals surface area contributed by atoms with E-state index in [-0.39, 0.29) is 6.04 Å². The molecule has 0 saturated carbocycles. The van der Waals surface area contributed by atoms with E-state index in [1.54, 1.807) is 7.11 Å².